The Kier molecular flexibility index (Phi) is 4.07. The second kappa shape index (κ2) is 5.41. The summed E-state index contributed by atoms with van der Waals surface area (Å²) in [6, 6.07) is 0. The van der Waals surface area contributed by atoms with Gasteiger partial charge in [0.05, 0.1) is 22.4 Å². The largest absolute Gasteiger partial charge is 0.386 e. The third-order valence-electron chi connectivity index (χ3n) is 3.92. The lowest BCUT2D eigenvalue weighted by Crippen LogP contribution is -2.22. The van der Waals surface area contributed by atoms with Crippen LogP contribution in [0.1, 0.15) is 52.7 Å². The van der Waals surface area contributed by atoms with Crippen LogP contribution in [0.3, 0.4) is 0 Å². The molecule has 2 N–H and O–H groups in total. The van der Waals surface area contributed by atoms with E-state index in [1.165, 1.54) is 11.1 Å². The Morgan fingerprint density at radius 3 is 1.23 bits per heavy atom. The molecule has 2 rings (SSSR count). The molecule has 0 bridgehead atoms. The van der Waals surface area contributed by atoms with Crippen LogP contribution in [-0.2, 0) is 10.8 Å². The molecule has 0 fully saturated rings. The zero-order chi connectivity index (χ0) is 16.7. The van der Waals surface area contributed by atoms with E-state index in [-0.39, 0.29) is 10.8 Å². The second-order valence-corrected chi connectivity index (χ2v) is 7.75. The van der Waals surface area contributed by atoms with Gasteiger partial charge in [0, 0.05) is 37.6 Å². The highest BCUT2D eigenvalue weighted by atomic mass is 14.9. The van der Waals surface area contributed by atoms with Crippen molar-refractivity contribution in [2.24, 2.45) is 0 Å². The maximum atomic E-state index is 4.68. The van der Waals surface area contributed by atoms with E-state index in [9.17, 15) is 0 Å². The Bertz CT molecular complexity index is 630. The first-order valence-corrected chi connectivity index (χ1v) is 7.80. The van der Waals surface area contributed by atoms with E-state index >= 15 is 0 Å². The summed E-state index contributed by atoms with van der Waals surface area (Å²) < 4.78 is 0. The summed E-state index contributed by atoms with van der Waals surface area (Å²) in [5, 5.41) is 6.79. The van der Waals surface area contributed by atoms with Crippen LogP contribution in [0, 0.1) is 0 Å². The van der Waals surface area contributed by atoms with Gasteiger partial charge in [-0.3, -0.25) is 9.97 Å². The van der Waals surface area contributed by atoms with Crippen LogP contribution in [0.2, 0.25) is 0 Å². The number of aromatic nitrogens is 2. The lowest BCUT2D eigenvalue weighted by molar-refractivity contribution is 0.586. The van der Waals surface area contributed by atoms with Crippen molar-refractivity contribution in [3.63, 3.8) is 0 Å². The maximum Gasteiger partial charge on any atom is 0.0949 e. The Hall–Kier alpha value is -1.84. The SMILES string of the molecule is CNc1c(NC)c(C(C)(C)C)c2nccnc2c1C(C)(C)C. The summed E-state index contributed by atoms with van der Waals surface area (Å²) in [6.45, 7) is 13.3. The fourth-order valence-electron chi connectivity index (χ4n) is 3.15. The van der Waals surface area contributed by atoms with Crippen LogP contribution < -0.4 is 10.6 Å². The fourth-order valence-corrected chi connectivity index (χ4v) is 3.15. The molecule has 0 amide bonds. The van der Waals surface area contributed by atoms with Crippen molar-refractivity contribution in [1.82, 2.24) is 9.97 Å². The second-order valence-electron chi connectivity index (χ2n) is 7.75. The van der Waals surface area contributed by atoms with Gasteiger partial charge in [-0.1, -0.05) is 41.5 Å². The highest BCUT2D eigenvalue weighted by Crippen LogP contribution is 2.46. The number of hydrogen-bond donors (Lipinski definition) is 2. The van der Waals surface area contributed by atoms with Gasteiger partial charge in [0.25, 0.3) is 0 Å². The molecule has 0 unspecified atom stereocenters. The first kappa shape index (κ1) is 16.5. The van der Waals surface area contributed by atoms with E-state index < -0.39 is 0 Å². The quantitative estimate of drug-likeness (QED) is 0.868. The van der Waals surface area contributed by atoms with Gasteiger partial charge in [0.1, 0.15) is 0 Å². The molecule has 1 aromatic carbocycles. The van der Waals surface area contributed by atoms with Crippen molar-refractivity contribution in [2.45, 2.75) is 52.4 Å². The lowest BCUT2D eigenvalue weighted by Gasteiger charge is -2.31. The Balaban J connectivity index is 3.11. The van der Waals surface area contributed by atoms with E-state index in [0.29, 0.717) is 0 Å². The van der Waals surface area contributed by atoms with Crippen LogP contribution in [0.4, 0.5) is 11.4 Å². The Morgan fingerprint density at radius 2 is 1.00 bits per heavy atom. The van der Waals surface area contributed by atoms with E-state index in [1.54, 1.807) is 12.4 Å². The van der Waals surface area contributed by atoms with Crippen molar-refractivity contribution in [1.29, 1.82) is 0 Å². The fraction of sp³-hybridized carbons (Fsp3) is 0.556. The average molecular weight is 300 g/mol. The molecule has 0 saturated heterocycles. The van der Waals surface area contributed by atoms with E-state index in [4.69, 9.17) is 0 Å². The number of fused-ring (bicyclic) bond motifs is 1. The minimum atomic E-state index is -0.0331. The molecule has 2 aromatic rings. The lowest BCUT2D eigenvalue weighted by atomic mass is 9.78. The molecule has 22 heavy (non-hydrogen) atoms. The van der Waals surface area contributed by atoms with Gasteiger partial charge in [-0.15, -0.1) is 0 Å². The molecule has 0 aliphatic rings. The molecule has 0 radical (unpaired) electrons. The number of benzene rings is 1. The van der Waals surface area contributed by atoms with Crippen LogP contribution in [0.25, 0.3) is 11.0 Å². The van der Waals surface area contributed by atoms with Gasteiger partial charge in [-0.05, 0) is 10.8 Å². The van der Waals surface area contributed by atoms with Crippen molar-refractivity contribution >= 4 is 22.4 Å². The molecule has 4 heteroatoms. The molecule has 4 nitrogen and oxygen atoms in total. The summed E-state index contributed by atoms with van der Waals surface area (Å²) >= 11 is 0. The Labute approximate surface area is 133 Å². The van der Waals surface area contributed by atoms with Crippen molar-refractivity contribution < 1.29 is 0 Å². The van der Waals surface area contributed by atoms with E-state index in [1.807, 2.05) is 14.1 Å². The van der Waals surface area contributed by atoms with Crippen LogP contribution >= 0.6 is 0 Å². The summed E-state index contributed by atoms with van der Waals surface area (Å²) in [5.74, 6) is 0. The highest BCUT2D eigenvalue weighted by Gasteiger charge is 2.31. The van der Waals surface area contributed by atoms with Crippen molar-refractivity contribution in [2.75, 3.05) is 24.7 Å². The molecule has 0 saturated carbocycles. The molecule has 0 spiro atoms. The highest BCUT2D eigenvalue weighted by molar-refractivity contribution is 5.97. The summed E-state index contributed by atoms with van der Waals surface area (Å²) in [7, 11) is 3.94. The monoisotopic (exact) mass is 300 g/mol. The zero-order valence-corrected chi connectivity index (χ0v) is 15.0. The molecular formula is C18H28N4. The summed E-state index contributed by atoms with van der Waals surface area (Å²) in [6.07, 6.45) is 3.56. The molecule has 0 aliphatic heterocycles. The van der Waals surface area contributed by atoms with Gasteiger partial charge < -0.3 is 10.6 Å². The van der Waals surface area contributed by atoms with Gasteiger partial charge in [0.2, 0.25) is 0 Å². The first-order chi connectivity index (χ1) is 10.1. The zero-order valence-electron chi connectivity index (χ0n) is 15.0. The third-order valence-corrected chi connectivity index (χ3v) is 3.92. The molecule has 1 aromatic heterocycles. The minimum absolute atomic E-state index is 0.0331. The molecule has 0 aliphatic carbocycles. The number of anilines is 2. The average Bonchev–Trinajstić information content (AvgIpc) is 2.41. The Morgan fingerprint density at radius 1 is 0.682 bits per heavy atom. The van der Waals surface area contributed by atoms with Gasteiger partial charge in [-0.25, -0.2) is 0 Å². The number of nitrogens with zero attached hydrogens (tertiary/aromatic N) is 2. The summed E-state index contributed by atoms with van der Waals surface area (Å²) in [4.78, 5) is 9.35. The normalized spacial score (nSPS) is 12.5. The molecule has 120 valence electrons. The first-order valence-electron chi connectivity index (χ1n) is 7.80. The van der Waals surface area contributed by atoms with Crippen LogP contribution in [-0.4, -0.2) is 24.1 Å². The smallest absolute Gasteiger partial charge is 0.0949 e. The van der Waals surface area contributed by atoms with Gasteiger partial charge in [0.15, 0.2) is 0 Å². The molecule has 0 atom stereocenters. The van der Waals surface area contributed by atoms with Crippen molar-refractivity contribution in [3.05, 3.63) is 23.5 Å². The predicted molar refractivity (Wildman–Crippen MR) is 96.0 cm³/mol. The molecule has 1 heterocycles. The van der Waals surface area contributed by atoms with Gasteiger partial charge >= 0.3 is 0 Å². The minimum Gasteiger partial charge on any atom is -0.386 e. The standard InChI is InChI=1S/C18H28N4/c1-17(2,3)11-13(19-7)14(20-8)12(18(4,5)6)16-15(11)21-9-10-22-16/h9-10,19-20H,1-8H3. The third kappa shape index (κ3) is 2.62. The van der Waals surface area contributed by atoms with E-state index in [0.717, 1.165) is 22.4 Å². The van der Waals surface area contributed by atoms with Crippen molar-refractivity contribution in [3.8, 4) is 0 Å². The number of nitrogens with one attached hydrogen (secondary N) is 2. The van der Waals surface area contributed by atoms with Gasteiger partial charge in [-0.2, -0.15) is 0 Å². The predicted octanol–water partition coefficient (Wildman–Crippen LogP) is 4.31. The summed E-state index contributed by atoms with van der Waals surface area (Å²) in [5.41, 5.74) is 6.56. The van der Waals surface area contributed by atoms with Crippen LogP contribution in [0.5, 0.6) is 0 Å². The van der Waals surface area contributed by atoms with E-state index in [2.05, 4.69) is 62.1 Å². The number of rotatable bonds is 2. The maximum absolute atomic E-state index is 4.68. The molecular weight excluding hydrogens is 272 g/mol. The topological polar surface area (TPSA) is 49.8 Å². The number of hydrogen-bond acceptors (Lipinski definition) is 4. The van der Waals surface area contributed by atoms with Crippen LogP contribution in [0.15, 0.2) is 12.4 Å².